The summed E-state index contributed by atoms with van der Waals surface area (Å²) in [5.74, 6) is 1.65. The summed E-state index contributed by atoms with van der Waals surface area (Å²) >= 11 is 0. The Balaban J connectivity index is 3.38. The van der Waals surface area contributed by atoms with Gasteiger partial charge in [-0.15, -0.1) is 0 Å². The molecule has 0 heteroatoms. The van der Waals surface area contributed by atoms with Crippen molar-refractivity contribution in [2.75, 3.05) is 0 Å². The molecule has 1 fully saturated rings. The Labute approximate surface area is 90.5 Å². The minimum atomic E-state index is 0.333. The van der Waals surface area contributed by atoms with Crippen molar-refractivity contribution < 1.29 is 0 Å². The van der Waals surface area contributed by atoms with Crippen molar-refractivity contribution in [3.8, 4) is 0 Å². The summed E-state index contributed by atoms with van der Waals surface area (Å²) in [5.41, 5.74) is 1.38. The molecular weight excluding hydrogens is 168 g/mol. The fraction of sp³-hybridized carbons (Fsp3) is 0.929. The first-order chi connectivity index (χ1) is 5.90. The lowest BCUT2D eigenvalue weighted by Crippen LogP contribution is -2.40. The van der Waals surface area contributed by atoms with Gasteiger partial charge in [-0.2, -0.15) is 0 Å². The van der Waals surface area contributed by atoms with Gasteiger partial charge in [-0.1, -0.05) is 27.7 Å². The maximum atomic E-state index is 2.42. The largest absolute Gasteiger partial charge is 0.111 e. The highest BCUT2D eigenvalue weighted by molar-refractivity contribution is 5.27. The van der Waals surface area contributed by atoms with E-state index in [9.17, 15) is 0 Å². The first-order valence-corrected chi connectivity index (χ1v) is 5.75. The monoisotopic (exact) mass is 195 g/mol. The van der Waals surface area contributed by atoms with E-state index in [2.05, 4.69) is 62.3 Å². The molecule has 0 aromatic rings. The van der Waals surface area contributed by atoms with Crippen LogP contribution in [0.2, 0.25) is 0 Å². The van der Waals surface area contributed by atoms with Crippen molar-refractivity contribution >= 4 is 0 Å². The molecule has 0 saturated heterocycles. The second-order valence-electron chi connectivity index (χ2n) is 7.12. The lowest BCUT2D eigenvalue weighted by atomic mass is 9.57. The quantitative estimate of drug-likeness (QED) is 0.491. The molecule has 0 spiro atoms. The van der Waals surface area contributed by atoms with Crippen molar-refractivity contribution in [1.29, 1.82) is 0 Å². The van der Waals surface area contributed by atoms with Crippen LogP contribution in [-0.2, 0) is 0 Å². The maximum absolute atomic E-state index is 2.42. The average Bonchev–Trinajstić information content (AvgIpc) is 2.05. The molecule has 0 aliphatic heterocycles. The second-order valence-corrected chi connectivity index (χ2v) is 7.12. The van der Waals surface area contributed by atoms with Crippen LogP contribution in [0.15, 0.2) is 0 Å². The molecule has 0 nitrogen and oxygen atoms in total. The molecule has 0 amide bonds. The standard InChI is InChI=1S/C14H27/c1-10-11(2,3)13(6,7)14(8,9)12(10,4)5/h1-9H3/q+1. The molecule has 0 aromatic carbocycles. The Morgan fingerprint density at radius 1 is 0.571 bits per heavy atom. The van der Waals surface area contributed by atoms with Gasteiger partial charge in [-0.3, -0.25) is 0 Å². The summed E-state index contributed by atoms with van der Waals surface area (Å²) < 4.78 is 0. The summed E-state index contributed by atoms with van der Waals surface area (Å²) in [6.07, 6.45) is 0. The van der Waals surface area contributed by atoms with Crippen LogP contribution in [0.5, 0.6) is 0 Å². The van der Waals surface area contributed by atoms with E-state index in [1.807, 2.05) is 0 Å². The SMILES string of the molecule is C[C+]1C(C)(C)C(C)(C)C(C)(C)C1(C)C. The van der Waals surface area contributed by atoms with E-state index < -0.39 is 0 Å². The molecule has 1 rings (SSSR count). The lowest BCUT2D eigenvalue weighted by molar-refractivity contribution is 0.0135. The Morgan fingerprint density at radius 2 is 0.786 bits per heavy atom. The Bertz CT molecular complexity index is 215. The molecule has 82 valence electrons. The van der Waals surface area contributed by atoms with Gasteiger partial charge in [0.2, 0.25) is 0 Å². The molecular formula is C14H27+. The van der Waals surface area contributed by atoms with Crippen molar-refractivity contribution in [3.05, 3.63) is 5.92 Å². The van der Waals surface area contributed by atoms with E-state index in [4.69, 9.17) is 0 Å². The molecule has 0 aromatic heterocycles. The molecule has 0 bridgehead atoms. The minimum Gasteiger partial charge on any atom is -0.0546 e. The summed E-state index contributed by atoms with van der Waals surface area (Å²) in [4.78, 5) is 0. The van der Waals surface area contributed by atoms with Gasteiger partial charge in [0.25, 0.3) is 0 Å². The highest BCUT2D eigenvalue weighted by Crippen LogP contribution is 2.73. The zero-order valence-corrected chi connectivity index (χ0v) is 11.5. The van der Waals surface area contributed by atoms with Gasteiger partial charge in [0.05, 0.1) is 12.8 Å². The number of hydrogen-bond donors (Lipinski definition) is 0. The van der Waals surface area contributed by atoms with Crippen molar-refractivity contribution in [1.82, 2.24) is 0 Å². The van der Waals surface area contributed by atoms with Crippen LogP contribution in [0.25, 0.3) is 0 Å². The van der Waals surface area contributed by atoms with E-state index in [-0.39, 0.29) is 0 Å². The van der Waals surface area contributed by atoms with Gasteiger partial charge in [0, 0.05) is 10.8 Å². The average molecular weight is 195 g/mol. The fourth-order valence-corrected chi connectivity index (χ4v) is 3.28. The molecule has 1 saturated carbocycles. The second kappa shape index (κ2) is 2.51. The van der Waals surface area contributed by atoms with Crippen molar-refractivity contribution in [2.45, 2.75) is 62.3 Å². The fourth-order valence-electron chi connectivity index (χ4n) is 3.28. The normalized spacial score (nSPS) is 31.9. The van der Waals surface area contributed by atoms with E-state index in [1.54, 1.807) is 5.92 Å². The highest BCUT2D eigenvalue weighted by Gasteiger charge is 2.74. The third-order valence-corrected chi connectivity index (χ3v) is 6.56. The predicted molar refractivity (Wildman–Crippen MR) is 64.0 cm³/mol. The summed E-state index contributed by atoms with van der Waals surface area (Å²) in [5, 5.41) is 0. The summed E-state index contributed by atoms with van der Waals surface area (Å²) in [6, 6.07) is 0. The molecule has 1 aliphatic carbocycles. The van der Waals surface area contributed by atoms with Gasteiger partial charge in [0.1, 0.15) is 10.8 Å². The summed E-state index contributed by atoms with van der Waals surface area (Å²) in [7, 11) is 0. The van der Waals surface area contributed by atoms with Gasteiger partial charge in [-0.05, 0) is 27.7 Å². The van der Waals surface area contributed by atoms with Crippen LogP contribution >= 0.6 is 0 Å². The molecule has 0 radical (unpaired) electrons. The van der Waals surface area contributed by atoms with Crippen LogP contribution in [0.1, 0.15) is 62.3 Å². The van der Waals surface area contributed by atoms with Crippen LogP contribution in [0.4, 0.5) is 0 Å². The van der Waals surface area contributed by atoms with Crippen molar-refractivity contribution in [3.63, 3.8) is 0 Å². The molecule has 14 heavy (non-hydrogen) atoms. The van der Waals surface area contributed by atoms with Crippen LogP contribution in [0, 0.1) is 27.6 Å². The van der Waals surface area contributed by atoms with E-state index in [1.165, 1.54) is 0 Å². The third kappa shape index (κ3) is 0.928. The van der Waals surface area contributed by atoms with Crippen LogP contribution in [0.3, 0.4) is 0 Å². The number of hydrogen-bond acceptors (Lipinski definition) is 0. The molecule has 1 aliphatic rings. The van der Waals surface area contributed by atoms with Crippen LogP contribution in [-0.4, -0.2) is 0 Å². The first kappa shape index (κ1) is 11.9. The third-order valence-electron chi connectivity index (χ3n) is 6.56. The van der Waals surface area contributed by atoms with E-state index >= 15 is 0 Å². The van der Waals surface area contributed by atoms with Crippen LogP contribution < -0.4 is 0 Å². The zero-order chi connectivity index (χ0) is 11.6. The van der Waals surface area contributed by atoms with E-state index in [0.29, 0.717) is 21.7 Å². The first-order valence-electron chi connectivity index (χ1n) is 5.75. The smallest absolute Gasteiger partial charge is 0.0546 e. The van der Waals surface area contributed by atoms with Gasteiger partial charge in [-0.25, -0.2) is 0 Å². The highest BCUT2D eigenvalue weighted by atomic mass is 14.7. The lowest BCUT2D eigenvalue weighted by Gasteiger charge is -2.42. The molecule has 0 N–H and O–H groups in total. The van der Waals surface area contributed by atoms with Gasteiger partial charge in [0.15, 0.2) is 0 Å². The predicted octanol–water partition coefficient (Wildman–Crippen LogP) is 4.70. The van der Waals surface area contributed by atoms with E-state index in [0.717, 1.165) is 0 Å². The van der Waals surface area contributed by atoms with Gasteiger partial charge < -0.3 is 0 Å². The molecule has 0 heterocycles. The molecule has 0 atom stereocenters. The van der Waals surface area contributed by atoms with Gasteiger partial charge >= 0.3 is 0 Å². The minimum absolute atomic E-state index is 0.333. The summed E-state index contributed by atoms with van der Waals surface area (Å²) in [6.45, 7) is 21.6. The number of rotatable bonds is 0. The Hall–Kier alpha value is -0.130. The Kier molecular flexibility index (Phi) is 2.14. The topological polar surface area (TPSA) is 0 Å². The molecule has 0 unspecified atom stereocenters. The van der Waals surface area contributed by atoms with Crippen molar-refractivity contribution in [2.24, 2.45) is 21.7 Å². The Morgan fingerprint density at radius 3 is 0.857 bits per heavy atom. The maximum Gasteiger partial charge on any atom is 0.111 e. The zero-order valence-electron chi connectivity index (χ0n) is 11.5.